The largest absolute Gasteiger partial charge is 0.328 e. The molecule has 21 heavy (non-hydrogen) atoms. The van der Waals surface area contributed by atoms with Crippen molar-refractivity contribution in [1.29, 1.82) is 0 Å². The summed E-state index contributed by atoms with van der Waals surface area (Å²) in [6, 6.07) is 2.75. The lowest BCUT2D eigenvalue weighted by Crippen LogP contribution is -2.18. The number of aromatic nitrogens is 4. The molecule has 1 unspecified atom stereocenters. The highest BCUT2D eigenvalue weighted by atomic mass is 32.2. The van der Waals surface area contributed by atoms with E-state index < -0.39 is 11.6 Å². The monoisotopic (exact) mass is 311 g/mol. The summed E-state index contributed by atoms with van der Waals surface area (Å²) >= 11 is 0.916. The van der Waals surface area contributed by atoms with Crippen LogP contribution in [-0.4, -0.2) is 26.2 Å². The first-order valence-electron chi connectivity index (χ1n) is 6.74. The molecule has 8 heteroatoms. The quantitative estimate of drug-likeness (QED) is 0.917. The molecule has 1 aliphatic rings. The predicted octanol–water partition coefficient (Wildman–Crippen LogP) is 2.33. The summed E-state index contributed by atoms with van der Waals surface area (Å²) < 4.78 is 29.9. The second-order valence-electron chi connectivity index (χ2n) is 5.31. The Morgan fingerprint density at radius 2 is 2.05 bits per heavy atom. The lowest BCUT2D eigenvalue weighted by molar-refractivity contribution is 0.532. The van der Waals surface area contributed by atoms with Crippen LogP contribution in [0.15, 0.2) is 22.2 Å². The van der Waals surface area contributed by atoms with Gasteiger partial charge in [-0.3, -0.25) is 0 Å². The van der Waals surface area contributed by atoms with Gasteiger partial charge in [0.2, 0.25) is 5.16 Å². The smallest absolute Gasteiger partial charge is 0.214 e. The first-order valence-corrected chi connectivity index (χ1v) is 7.55. The number of hydrogen-bond donors (Lipinski definition) is 1. The molecule has 1 atom stereocenters. The molecule has 2 N–H and O–H groups in total. The van der Waals surface area contributed by atoms with Crippen LogP contribution in [0.3, 0.4) is 0 Å². The summed E-state index contributed by atoms with van der Waals surface area (Å²) in [5.74, 6) is -1.22. The van der Waals surface area contributed by atoms with Crippen LogP contribution in [0.25, 0.3) is 0 Å². The van der Waals surface area contributed by atoms with E-state index >= 15 is 0 Å². The van der Waals surface area contributed by atoms with Gasteiger partial charge in [-0.1, -0.05) is 0 Å². The Morgan fingerprint density at radius 1 is 1.38 bits per heavy atom. The number of hydrogen-bond acceptors (Lipinski definition) is 5. The zero-order valence-corrected chi connectivity index (χ0v) is 12.3. The van der Waals surface area contributed by atoms with Crippen LogP contribution in [0.2, 0.25) is 0 Å². The van der Waals surface area contributed by atoms with Crippen molar-refractivity contribution in [2.75, 3.05) is 0 Å². The number of tetrazole rings is 1. The lowest BCUT2D eigenvalue weighted by atomic mass is 10.1. The normalized spacial score (nSPS) is 16.2. The van der Waals surface area contributed by atoms with Crippen LogP contribution in [0, 0.1) is 11.6 Å². The van der Waals surface area contributed by atoms with Crippen molar-refractivity contribution in [3.8, 4) is 0 Å². The number of rotatable bonds is 5. The molecule has 0 radical (unpaired) electrons. The molecular formula is C13H15F2N5S. The van der Waals surface area contributed by atoms with Crippen molar-refractivity contribution in [2.24, 2.45) is 5.73 Å². The van der Waals surface area contributed by atoms with E-state index in [9.17, 15) is 8.78 Å². The van der Waals surface area contributed by atoms with E-state index in [1.807, 2.05) is 0 Å². The van der Waals surface area contributed by atoms with E-state index in [0.29, 0.717) is 17.1 Å². The molecule has 0 amide bonds. The van der Waals surface area contributed by atoms with E-state index in [1.165, 1.54) is 12.1 Å². The van der Waals surface area contributed by atoms with Crippen LogP contribution in [0.4, 0.5) is 8.78 Å². The molecule has 0 aliphatic heterocycles. The first kappa shape index (κ1) is 14.4. The molecule has 0 bridgehead atoms. The highest BCUT2D eigenvalue weighted by Crippen LogP contribution is 2.39. The van der Waals surface area contributed by atoms with Crippen LogP contribution < -0.4 is 5.73 Å². The lowest BCUT2D eigenvalue weighted by Gasteiger charge is -2.09. The molecule has 1 aromatic heterocycles. The topological polar surface area (TPSA) is 69.6 Å². The Morgan fingerprint density at radius 3 is 2.62 bits per heavy atom. The fourth-order valence-electron chi connectivity index (χ4n) is 2.09. The fraction of sp³-hybridized carbons (Fsp3) is 0.462. The van der Waals surface area contributed by atoms with Gasteiger partial charge in [0.25, 0.3) is 0 Å². The van der Waals surface area contributed by atoms with Gasteiger partial charge in [0.1, 0.15) is 11.6 Å². The predicted molar refractivity (Wildman–Crippen MR) is 73.9 cm³/mol. The van der Waals surface area contributed by atoms with Gasteiger partial charge in [-0.25, -0.2) is 13.5 Å². The third-order valence-corrected chi connectivity index (χ3v) is 4.21. The molecule has 0 spiro atoms. The van der Waals surface area contributed by atoms with E-state index in [-0.39, 0.29) is 17.0 Å². The molecule has 0 saturated heterocycles. The summed E-state index contributed by atoms with van der Waals surface area (Å²) in [5, 5.41) is 11.7. The van der Waals surface area contributed by atoms with E-state index in [4.69, 9.17) is 5.73 Å². The minimum absolute atomic E-state index is 0.0832. The average molecular weight is 311 g/mol. The van der Waals surface area contributed by atoms with Gasteiger partial charge in [-0.05, 0) is 66.1 Å². The summed E-state index contributed by atoms with van der Waals surface area (Å²) in [6.07, 6.45) is 2.42. The minimum atomic E-state index is -0.610. The first-order chi connectivity index (χ1) is 10.0. The van der Waals surface area contributed by atoms with Gasteiger partial charge in [-0.2, -0.15) is 0 Å². The van der Waals surface area contributed by atoms with Crippen molar-refractivity contribution in [1.82, 2.24) is 20.2 Å². The molecule has 1 heterocycles. The molecular weight excluding hydrogens is 296 g/mol. The summed E-state index contributed by atoms with van der Waals surface area (Å²) in [4.78, 5) is -0.0832. The van der Waals surface area contributed by atoms with E-state index in [1.54, 1.807) is 11.6 Å². The molecule has 1 aliphatic carbocycles. The maximum Gasteiger partial charge on any atom is 0.214 e. The molecule has 1 aromatic carbocycles. The number of nitrogens with zero attached hydrogens (tertiary/aromatic N) is 4. The van der Waals surface area contributed by atoms with Crippen LogP contribution in [0.1, 0.15) is 31.4 Å². The second kappa shape index (κ2) is 5.69. The van der Waals surface area contributed by atoms with Crippen molar-refractivity contribution in [2.45, 2.75) is 48.3 Å². The Bertz CT molecular complexity index is 631. The van der Waals surface area contributed by atoms with Crippen LogP contribution in [-0.2, 0) is 6.42 Å². The zero-order valence-electron chi connectivity index (χ0n) is 11.5. The van der Waals surface area contributed by atoms with Crippen LogP contribution in [0.5, 0.6) is 0 Å². The van der Waals surface area contributed by atoms with Gasteiger partial charge >= 0.3 is 0 Å². The van der Waals surface area contributed by atoms with Crippen molar-refractivity contribution < 1.29 is 8.78 Å². The van der Waals surface area contributed by atoms with Gasteiger partial charge in [0, 0.05) is 6.04 Å². The van der Waals surface area contributed by atoms with E-state index in [0.717, 1.165) is 24.6 Å². The third kappa shape index (κ3) is 3.21. The Balaban J connectivity index is 1.86. The van der Waals surface area contributed by atoms with Crippen molar-refractivity contribution in [3.63, 3.8) is 0 Å². The van der Waals surface area contributed by atoms with E-state index in [2.05, 4.69) is 15.5 Å². The maximum absolute atomic E-state index is 14.1. The Hall–Kier alpha value is -1.54. The second-order valence-corrected chi connectivity index (χ2v) is 6.29. The van der Waals surface area contributed by atoms with Gasteiger partial charge < -0.3 is 5.73 Å². The minimum Gasteiger partial charge on any atom is -0.328 e. The highest BCUT2D eigenvalue weighted by Gasteiger charge is 2.29. The molecule has 112 valence electrons. The standard InChI is InChI=1S/C13H15F2N5S/c1-7(16)4-8-5-10(14)12(11(15)6-8)21-13-17-18-19-20(13)9-2-3-9/h5-7,9H,2-4,16H2,1H3. The SMILES string of the molecule is CC(N)Cc1cc(F)c(Sc2nnnn2C2CC2)c(F)c1. The maximum atomic E-state index is 14.1. The third-order valence-electron chi connectivity index (χ3n) is 3.16. The van der Waals surface area contributed by atoms with Gasteiger partial charge in [0.15, 0.2) is 0 Å². The van der Waals surface area contributed by atoms with Gasteiger partial charge in [0.05, 0.1) is 10.9 Å². The molecule has 2 aromatic rings. The van der Waals surface area contributed by atoms with Crippen molar-refractivity contribution >= 4 is 11.8 Å². The number of benzene rings is 1. The fourth-order valence-corrected chi connectivity index (χ4v) is 2.94. The highest BCUT2D eigenvalue weighted by molar-refractivity contribution is 7.99. The van der Waals surface area contributed by atoms with Crippen LogP contribution >= 0.6 is 11.8 Å². The summed E-state index contributed by atoms with van der Waals surface area (Å²) in [5.41, 5.74) is 6.20. The van der Waals surface area contributed by atoms with Crippen molar-refractivity contribution in [3.05, 3.63) is 29.3 Å². The molecule has 5 nitrogen and oxygen atoms in total. The Labute approximate surface area is 124 Å². The number of nitrogens with two attached hydrogens (primary N) is 1. The number of halogens is 2. The zero-order chi connectivity index (χ0) is 15.0. The Kier molecular flexibility index (Phi) is 3.90. The summed E-state index contributed by atoms with van der Waals surface area (Å²) in [7, 11) is 0. The molecule has 1 fully saturated rings. The molecule has 1 saturated carbocycles. The summed E-state index contributed by atoms with van der Waals surface area (Å²) in [6.45, 7) is 1.79. The van der Waals surface area contributed by atoms with Gasteiger partial charge in [-0.15, -0.1) is 5.10 Å². The molecule has 3 rings (SSSR count). The average Bonchev–Trinajstić information content (AvgIpc) is 3.13.